The number of benzene rings is 1. The van der Waals surface area contributed by atoms with Crippen molar-refractivity contribution in [3.05, 3.63) is 35.4 Å². The molecule has 0 atom stereocenters. The molecule has 2 fully saturated rings. The molecule has 1 heterocycles. The third kappa shape index (κ3) is 5.95. The van der Waals surface area contributed by atoms with Gasteiger partial charge in [-0.3, -0.25) is 4.79 Å². The van der Waals surface area contributed by atoms with Crippen LogP contribution in [0, 0.1) is 5.41 Å². The number of likely N-dealkylation sites (tertiary alicyclic amines) is 1. The Morgan fingerprint density at radius 1 is 1.21 bits per heavy atom. The summed E-state index contributed by atoms with van der Waals surface area (Å²) in [6.07, 6.45) is 6.58. The Morgan fingerprint density at radius 3 is 2.62 bits per heavy atom. The van der Waals surface area contributed by atoms with Gasteiger partial charge >= 0.3 is 0 Å². The summed E-state index contributed by atoms with van der Waals surface area (Å²) in [5.41, 5.74) is 2.72. The standard InChI is InChI=1S/C23H36N4O2/c1-3-24-22(26-18-23(11-7-12-23)13-15-29-2)25-16-19-8-4-5-9-20(19)17-27-14-6-10-21(27)28/h4-5,8-9H,3,6-7,10-18H2,1-2H3,(H2,24,25,26). The molecule has 29 heavy (non-hydrogen) atoms. The minimum atomic E-state index is 0.264. The molecule has 3 rings (SSSR count). The van der Waals surface area contributed by atoms with Gasteiger partial charge in [0.1, 0.15) is 0 Å². The molecule has 1 amide bonds. The van der Waals surface area contributed by atoms with E-state index in [2.05, 4.69) is 35.8 Å². The molecule has 1 aromatic carbocycles. The highest BCUT2D eigenvalue weighted by Crippen LogP contribution is 2.43. The van der Waals surface area contributed by atoms with Crippen LogP contribution < -0.4 is 10.6 Å². The quantitative estimate of drug-likeness (QED) is 0.468. The summed E-state index contributed by atoms with van der Waals surface area (Å²) >= 11 is 0. The van der Waals surface area contributed by atoms with Crippen LogP contribution in [0.5, 0.6) is 0 Å². The molecule has 1 aliphatic carbocycles. The molecule has 0 aromatic heterocycles. The summed E-state index contributed by atoms with van der Waals surface area (Å²) in [4.78, 5) is 18.8. The zero-order valence-corrected chi connectivity index (χ0v) is 18.0. The van der Waals surface area contributed by atoms with E-state index in [1.807, 2.05) is 11.0 Å². The lowest BCUT2D eigenvalue weighted by molar-refractivity contribution is -0.128. The fourth-order valence-electron chi connectivity index (χ4n) is 4.23. The number of hydrogen-bond donors (Lipinski definition) is 2. The summed E-state index contributed by atoms with van der Waals surface area (Å²) in [5.74, 6) is 1.13. The lowest BCUT2D eigenvalue weighted by atomic mass is 9.67. The highest BCUT2D eigenvalue weighted by atomic mass is 16.5. The van der Waals surface area contributed by atoms with Crippen LogP contribution in [-0.2, 0) is 22.6 Å². The van der Waals surface area contributed by atoms with Crippen molar-refractivity contribution in [1.82, 2.24) is 15.5 Å². The largest absolute Gasteiger partial charge is 0.385 e. The van der Waals surface area contributed by atoms with Crippen molar-refractivity contribution in [3.63, 3.8) is 0 Å². The lowest BCUT2D eigenvalue weighted by Crippen LogP contribution is -2.47. The molecule has 6 heteroatoms. The Balaban J connectivity index is 1.62. The van der Waals surface area contributed by atoms with Crippen molar-refractivity contribution in [1.29, 1.82) is 0 Å². The van der Waals surface area contributed by atoms with Gasteiger partial charge in [0.25, 0.3) is 0 Å². The summed E-state index contributed by atoms with van der Waals surface area (Å²) in [5, 5.41) is 6.93. The first-order valence-corrected chi connectivity index (χ1v) is 11.0. The van der Waals surface area contributed by atoms with E-state index in [1.165, 1.54) is 30.4 Å². The number of nitrogens with zero attached hydrogens (tertiary/aromatic N) is 2. The van der Waals surface area contributed by atoms with Crippen molar-refractivity contribution in [2.45, 2.75) is 58.5 Å². The van der Waals surface area contributed by atoms with Crippen molar-refractivity contribution in [2.24, 2.45) is 10.4 Å². The van der Waals surface area contributed by atoms with Crippen molar-refractivity contribution in [2.75, 3.05) is 33.4 Å². The van der Waals surface area contributed by atoms with E-state index < -0.39 is 0 Å². The van der Waals surface area contributed by atoms with Gasteiger partial charge in [-0.15, -0.1) is 0 Å². The van der Waals surface area contributed by atoms with E-state index in [4.69, 9.17) is 9.73 Å². The van der Waals surface area contributed by atoms with Crippen molar-refractivity contribution < 1.29 is 9.53 Å². The first-order chi connectivity index (χ1) is 14.2. The van der Waals surface area contributed by atoms with Gasteiger partial charge in [-0.25, -0.2) is 4.99 Å². The molecule has 160 valence electrons. The topological polar surface area (TPSA) is 66.0 Å². The second-order valence-corrected chi connectivity index (χ2v) is 8.33. The number of amides is 1. The molecule has 2 aliphatic rings. The van der Waals surface area contributed by atoms with Gasteiger partial charge in [-0.05, 0) is 49.1 Å². The van der Waals surface area contributed by atoms with Crippen LogP contribution in [0.1, 0.15) is 56.6 Å². The maximum atomic E-state index is 12.0. The number of ether oxygens (including phenoxy) is 1. The van der Waals surface area contributed by atoms with Crippen molar-refractivity contribution in [3.8, 4) is 0 Å². The average Bonchev–Trinajstić information content (AvgIpc) is 3.10. The van der Waals surface area contributed by atoms with Gasteiger partial charge < -0.3 is 20.3 Å². The van der Waals surface area contributed by atoms with Crippen LogP contribution in [0.25, 0.3) is 0 Å². The van der Waals surface area contributed by atoms with Crippen LogP contribution in [0.4, 0.5) is 0 Å². The third-order valence-electron chi connectivity index (χ3n) is 6.28. The molecule has 2 N–H and O–H groups in total. The molecule has 1 aliphatic heterocycles. The second-order valence-electron chi connectivity index (χ2n) is 8.33. The molecular formula is C23H36N4O2. The minimum Gasteiger partial charge on any atom is -0.385 e. The maximum absolute atomic E-state index is 12.0. The molecule has 0 radical (unpaired) electrons. The smallest absolute Gasteiger partial charge is 0.222 e. The lowest BCUT2D eigenvalue weighted by Gasteiger charge is -2.42. The van der Waals surface area contributed by atoms with E-state index in [9.17, 15) is 4.79 Å². The molecule has 1 saturated carbocycles. The molecule has 6 nitrogen and oxygen atoms in total. The number of carbonyl (C=O) groups is 1. The highest BCUT2D eigenvalue weighted by Gasteiger charge is 2.36. The van der Waals surface area contributed by atoms with Crippen LogP contribution in [0.2, 0.25) is 0 Å². The van der Waals surface area contributed by atoms with Gasteiger partial charge in [0, 0.05) is 46.3 Å². The third-order valence-corrected chi connectivity index (χ3v) is 6.28. The van der Waals surface area contributed by atoms with E-state index >= 15 is 0 Å². The molecular weight excluding hydrogens is 364 g/mol. The molecule has 0 spiro atoms. The number of hydrogen-bond acceptors (Lipinski definition) is 3. The van der Waals surface area contributed by atoms with E-state index in [1.54, 1.807) is 7.11 Å². The molecule has 1 saturated heterocycles. The number of methoxy groups -OCH3 is 1. The second kappa shape index (κ2) is 10.6. The normalized spacial score (nSPS) is 18.6. The number of nitrogens with one attached hydrogen (secondary N) is 2. The van der Waals surface area contributed by atoms with E-state index in [-0.39, 0.29) is 5.91 Å². The van der Waals surface area contributed by atoms with Crippen LogP contribution in [0.3, 0.4) is 0 Å². The molecule has 0 bridgehead atoms. The SMILES string of the molecule is CCNC(=NCc1ccccc1CN1CCCC1=O)NCC1(CCOC)CCC1. The van der Waals surface area contributed by atoms with Crippen LogP contribution in [0.15, 0.2) is 29.3 Å². The van der Waals surface area contributed by atoms with Gasteiger partial charge in [-0.1, -0.05) is 30.7 Å². The molecule has 0 unspecified atom stereocenters. The Labute approximate surface area is 175 Å². The summed E-state index contributed by atoms with van der Waals surface area (Å²) < 4.78 is 5.31. The minimum absolute atomic E-state index is 0.264. The predicted molar refractivity (Wildman–Crippen MR) is 117 cm³/mol. The van der Waals surface area contributed by atoms with Gasteiger partial charge in [-0.2, -0.15) is 0 Å². The summed E-state index contributed by atoms with van der Waals surface area (Å²) in [7, 11) is 1.78. The number of aliphatic imine (C=N–C) groups is 1. The van der Waals surface area contributed by atoms with Gasteiger partial charge in [0.15, 0.2) is 5.96 Å². The number of guanidine groups is 1. The number of rotatable bonds is 10. The zero-order chi connectivity index (χ0) is 20.5. The Morgan fingerprint density at radius 2 is 2.00 bits per heavy atom. The Kier molecular flexibility index (Phi) is 7.92. The maximum Gasteiger partial charge on any atom is 0.222 e. The average molecular weight is 401 g/mol. The Hall–Kier alpha value is -2.08. The van der Waals surface area contributed by atoms with Crippen LogP contribution >= 0.6 is 0 Å². The highest BCUT2D eigenvalue weighted by molar-refractivity contribution is 5.80. The van der Waals surface area contributed by atoms with Crippen LogP contribution in [-0.4, -0.2) is 50.1 Å². The first kappa shape index (κ1) is 21.6. The number of carbonyl (C=O) groups excluding carboxylic acids is 1. The van der Waals surface area contributed by atoms with Gasteiger partial charge in [0.2, 0.25) is 5.91 Å². The van der Waals surface area contributed by atoms with Gasteiger partial charge in [0.05, 0.1) is 6.54 Å². The van der Waals surface area contributed by atoms with Crippen molar-refractivity contribution >= 4 is 11.9 Å². The summed E-state index contributed by atoms with van der Waals surface area (Å²) in [6.45, 7) is 6.84. The fraction of sp³-hybridized carbons (Fsp3) is 0.652. The zero-order valence-electron chi connectivity index (χ0n) is 18.0. The first-order valence-electron chi connectivity index (χ1n) is 11.0. The Bertz CT molecular complexity index is 700. The molecule has 1 aromatic rings. The van der Waals surface area contributed by atoms with E-state index in [0.717, 1.165) is 45.0 Å². The summed E-state index contributed by atoms with van der Waals surface area (Å²) in [6, 6.07) is 8.33. The van der Waals surface area contributed by atoms with E-state index in [0.29, 0.717) is 24.9 Å². The predicted octanol–water partition coefficient (Wildman–Crippen LogP) is 3.07. The monoisotopic (exact) mass is 400 g/mol. The fourth-order valence-corrected chi connectivity index (χ4v) is 4.23.